The lowest BCUT2D eigenvalue weighted by molar-refractivity contribution is -0.156. The average Bonchev–Trinajstić information content (AvgIpc) is 1.34. The minimum absolute atomic E-state index is 0.00881. The zero-order valence-electron chi connectivity index (χ0n) is 53.1. The Morgan fingerprint density at radius 1 is 0.634 bits per heavy atom. The van der Waals surface area contributed by atoms with Gasteiger partial charge in [-0.05, 0) is 75.4 Å². The van der Waals surface area contributed by atoms with Crippen LogP contribution in [-0.2, 0) is 72.7 Å². The van der Waals surface area contributed by atoms with Crippen LogP contribution in [0.3, 0.4) is 0 Å². The number of carbonyl (C=O) groups excluding carboxylic acids is 10. The maximum absolute atomic E-state index is 14.0. The second kappa shape index (κ2) is 34.4. The highest BCUT2D eigenvalue weighted by Gasteiger charge is 2.44. The van der Waals surface area contributed by atoms with Crippen molar-refractivity contribution < 1.29 is 113 Å². The number of carbonyl (C=O) groups is 10. The third-order valence-electron chi connectivity index (χ3n) is 14.5. The number of phenolic OH excluding ortho intramolecular Hbond substituents is 2. The van der Waals surface area contributed by atoms with E-state index in [0.717, 1.165) is 60.9 Å². The first-order valence-electron chi connectivity index (χ1n) is 28.8. The van der Waals surface area contributed by atoms with Gasteiger partial charge in [-0.3, -0.25) is 47.9 Å². The monoisotopic (exact) mass is 1320 g/mol. The zero-order chi connectivity index (χ0) is 70.8. The highest BCUT2D eigenvalue weighted by Crippen LogP contribution is 2.26. The molecule has 1 aromatic heterocycles. The lowest BCUT2D eigenvalue weighted by Gasteiger charge is -2.36. The first-order chi connectivity index (χ1) is 43.1. The number of hydrogen-bond acceptors (Lipinski definition) is 23. The van der Waals surface area contributed by atoms with Gasteiger partial charge in [-0.1, -0.05) is 39.0 Å². The summed E-state index contributed by atoms with van der Waals surface area (Å²) in [6, 6.07) is -4.44. The lowest BCUT2D eigenvalue weighted by Crippen LogP contribution is -2.66. The van der Waals surface area contributed by atoms with Crippen LogP contribution in [0.5, 0.6) is 11.5 Å². The van der Waals surface area contributed by atoms with E-state index in [1.807, 2.05) is 0 Å². The van der Waals surface area contributed by atoms with Crippen molar-refractivity contribution >= 4 is 59.1 Å². The molecule has 93 heavy (non-hydrogen) atoms. The van der Waals surface area contributed by atoms with Crippen molar-refractivity contribution in [3.8, 4) is 11.5 Å². The summed E-state index contributed by atoms with van der Waals surface area (Å²) >= 11 is 0. The maximum Gasteiger partial charge on any atom is 0.254 e. The van der Waals surface area contributed by atoms with Crippen LogP contribution in [-0.4, -0.2) is 254 Å². The zero-order valence-corrected chi connectivity index (χ0v) is 53.1. The number of likely N-dealkylation sites (N-methyl/N-ethyl adjacent to an activating group) is 1. The van der Waals surface area contributed by atoms with Gasteiger partial charge in [0.25, 0.3) is 11.8 Å². The fourth-order valence-corrected chi connectivity index (χ4v) is 8.84. The van der Waals surface area contributed by atoms with E-state index in [4.69, 9.17) is 4.74 Å². The van der Waals surface area contributed by atoms with Crippen LogP contribution in [0.2, 0.25) is 0 Å². The number of aryl methyl sites for hydroxylation is 1. The third-order valence-corrected chi connectivity index (χ3v) is 14.5. The number of phenols is 2. The quantitative estimate of drug-likeness (QED) is 0.0247. The number of ether oxygens (including phenoxy) is 1. The second-order valence-electron chi connectivity index (χ2n) is 24.1. The SMILES string of the molecule is CO[C@@H](CNC(=O)[C@H](NC(=O)[C@H](O)[C@H](C)O)[C@H](O)c1cncn1C)[C@H](O)[C@H](O)C(=O)N(C)[C@@H](Cc1ccc(F)cc1)C(=O)NCC(=O)N[C@H](C(=O)N[C@@H](CO)C(=O)N[C@H](C(=O)N[C@H](C(=O)N[C@@H](CO)C(=O)NCc1ccc(O)c(O)c1)C(C)(C)C)C(C)(C)O)C(C)(C)O. The van der Waals surface area contributed by atoms with E-state index in [2.05, 4.69) is 52.8 Å². The molecule has 1 heterocycles. The Bertz CT molecular complexity index is 3080. The molecule has 0 saturated carbocycles. The molecule has 34 nitrogen and oxygen atoms in total. The topological polar surface area (TPSA) is 532 Å². The molecule has 518 valence electrons. The number of amides is 10. The van der Waals surface area contributed by atoms with E-state index in [-0.39, 0.29) is 17.8 Å². The van der Waals surface area contributed by atoms with Gasteiger partial charge in [0.05, 0.1) is 55.3 Å². The maximum atomic E-state index is 14.0. The third kappa shape index (κ3) is 22.9. The van der Waals surface area contributed by atoms with Gasteiger partial charge in [-0.15, -0.1) is 0 Å². The van der Waals surface area contributed by atoms with Crippen molar-refractivity contribution in [2.24, 2.45) is 12.5 Å². The summed E-state index contributed by atoms with van der Waals surface area (Å²) in [4.78, 5) is 141. The first-order valence-corrected chi connectivity index (χ1v) is 28.8. The molecule has 3 rings (SSSR count). The summed E-state index contributed by atoms with van der Waals surface area (Å²) in [6.07, 6.45) is -9.79. The van der Waals surface area contributed by atoms with Crippen molar-refractivity contribution in [3.63, 3.8) is 0 Å². The fourth-order valence-electron chi connectivity index (χ4n) is 8.84. The molecule has 0 spiro atoms. The molecule has 0 aliphatic rings. The smallest absolute Gasteiger partial charge is 0.254 e. The average molecular weight is 1320 g/mol. The van der Waals surface area contributed by atoms with E-state index in [1.54, 1.807) is 0 Å². The van der Waals surface area contributed by atoms with Gasteiger partial charge in [-0.2, -0.15) is 0 Å². The molecule has 0 aliphatic heterocycles. The minimum atomic E-state index is -2.45. The van der Waals surface area contributed by atoms with Crippen LogP contribution < -0.4 is 47.9 Å². The van der Waals surface area contributed by atoms with Gasteiger partial charge in [0.2, 0.25) is 47.3 Å². The molecule has 35 heteroatoms. The fraction of sp³-hybridized carbons (Fsp3) is 0.569. The summed E-state index contributed by atoms with van der Waals surface area (Å²) in [5, 5.41) is 136. The molecule has 0 bridgehead atoms. The molecular formula is C58H87FN12O22. The van der Waals surface area contributed by atoms with Gasteiger partial charge in [0.1, 0.15) is 66.4 Å². The number of imidazole rings is 1. The number of methoxy groups -OCH3 is 1. The van der Waals surface area contributed by atoms with Crippen molar-refractivity contribution in [3.05, 3.63) is 77.6 Å². The van der Waals surface area contributed by atoms with E-state index in [0.29, 0.717) is 10.5 Å². The van der Waals surface area contributed by atoms with E-state index in [9.17, 15) is 109 Å². The Kier molecular flexibility index (Phi) is 29.1. The van der Waals surface area contributed by atoms with Crippen molar-refractivity contribution in [1.29, 1.82) is 0 Å². The number of nitrogens with zero attached hydrogens (tertiary/aromatic N) is 3. The molecule has 13 atom stereocenters. The summed E-state index contributed by atoms with van der Waals surface area (Å²) in [6.45, 7) is 5.80. The normalized spacial score (nSPS) is 16.1. The van der Waals surface area contributed by atoms with Crippen LogP contribution in [0, 0.1) is 11.2 Å². The number of nitrogens with one attached hydrogen (secondary N) is 9. The van der Waals surface area contributed by atoms with Crippen LogP contribution >= 0.6 is 0 Å². The Hall–Kier alpha value is -8.52. The predicted molar refractivity (Wildman–Crippen MR) is 321 cm³/mol. The van der Waals surface area contributed by atoms with Gasteiger partial charge in [0, 0.05) is 40.7 Å². The van der Waals surface area contributed by atoms with Gasteiger partial charge >= 0.3 is 0 Å². The lowest BCUT2D eigenvalue weighted by atomic mass is 9.85. The summed E-state index contributed by atoms with van der Waals surface area (Å²) < 4.78 is 20.6. The number of aliphatic hydroxyl groups excluding tert-OH is 7. The number of halogens is 1. The van der Waals surface area contributed by atoms with Crippen LogP contribution in [0.25, 0.3) is 0 Å². The Morgan fingerprint density at radius 2 is 1.16 bits per heavy atom. The van der Waals surface area contributed by atoms with E-state index >= 15 is 0 Å². The van der Waals surface area contributed by atoms with Crippen molar-refractivity contribution in [2.45, 2.75) is 158 Å². The van der Waals surface area contributed by atoms with Crippen LogP contribution in [0.15, 0.2) is 55.0 Å². The molecule has 3 aromatic rings. The van der Waals surface area contributed by atoms with E-state index in [1.165, 1.54) is 75.2 Å². The molecule has 10 amide bonds. The molecule has 20 N–H and O–H groups in total. The molecular weight excluding hydrogens is 1240 g/mol. The Morgan fingerprint density at radius 3 is 1.67 bits per heavy atom. The standard InChI is InChI=1S/C58H87FN12O22/c1-27(74)40(78)51(86)67-39(41(79)34-21-60-26-70(34)9)50(85)62-22-37(93-11)42(80)43(81)55(90)71(10)33(18-28-12-15-30(59)16-13-28)49(84)63-23-38(77)66-45(57(5,6)91)53(88)65-32(25-73)48(83)69-46(58(7,8)92)54(89)68-44(56(2,3)4)52(87)64-31(24-72)47(82)61-20-29-14-17-35(75)36(76)19-29/h12-17,19,21,26-27,31-33,37,39-46,72-76,78-81,91-92H,18,20,22-25H2,1-11H3,(H,61,82)(H,62,85)(H,63,84)(H,64,87)(H,65,88)(H,66,77)(H,67,86)(H,68,89)(H,69,83)/t27-,31-,32-,33-,37-,39+,40+,41+,42-,43-,44+,45+,46+/m0/s1. The molecule has 2 aromatic carbocycles. The number of hydrogen-bond donors (Lipinski definition) is 20. The molecule has 0 aliphatic carbocycles. The highest BCUT2D eigenvalue weighted by molar-refractivity contribution is 5.98. The van der Waals surface area contributed by atoms with Crippen molar-refractivity contribution in [2.75, 3.05) is 40.5 Å². The molecule has 0 radical (unpaired) electrons. The molecule has 0 unspecified atom stereocenters. The van der Waals surface area contributed by atoms with Gasteiger partial charge in [-0.25, -0.2) is 9.37 Å². The Balaban J connectivity index is 1.77. The first kappa shape index (κ1) is 78.7. The van der Waals surface area contributed by atoms with Crippen LogP contribution in [0.4, 0.5) is 4.39 Å². The largest absolute Gasteiger partial charge is 0.504 e. The minimum Gasteiger partial charge on any atom is -0.504 e. The summed E-state index contributed by atoms with van der Waals surface area (Å²) in [5.41, 5.74) is -4.98. The number of rotatable bonds is 34. The predicted octanol–water partition coefficient (Wildman–Crippen LogP) is -7.42. The number of aromatic nitrogens is 2. The van der Waals surface area contributed by atoms with Crippen molar-refractivity contribution in [1.82, 2.24) is 62.3 Å². The Labute approximate surface area is 533 Å². The number of aromatic hydroxyl groups is 2. The van der Waals surface area contributed by atoms with Gasteiger partial charge < -0.3 is 118 Å². The summed E-state index contributed by atoms with van der Waals surface area (Å²) in [5.74, 6) is -13.4. The number of benzene rings is 2. The molecule has 0 fully saturated rings. The number of aliphatic hydroxyl groups is 9. The molecule has 0 saturated heterocycles. The second-order valence-corrected chi connectivity index (χ2v) is 24.1. The van der Waals surface area contributed by atoms with Crippen LogP contribution in [0.1, 0.15) is 78.3 Å². The van der Waals surface area contributed by atoms with E-state index < -0.39 is 205 Å². The van der Waals surface area contributed by atoms with Gasteiger partial charge in [0.15, 0.2) is 23.7 Å². The highest BCUT2D eigenvalue weighted by atomic mass is 19.1. The summed E-state index contributed by atoms with van der Waals surface area (Å²) in [7, 11) is 3.49.